The van der Waals surface area contributed by atoms with Gasteiger partial charge in [0.15, 0.2) is 23.3 Å². The van der Waals surface area contributed by atoms with E-state index in [1.807, 2.05) is 25.1 Å². The lowest BCUT2D eigenvalue weighted by atomic mass is 9.79. The standard InChI is InChI=1S/C19H16F4N2O2.2C19H17F3N2O2.C19H19FN2O2/c20-13-5-2-6-14(16(13)21)25-19(27)15-12(7-8-24-18(15)26)10-3-1-4-11(9-10)17(22)23;1-24-10-9-13(11-5-7-12(20)8-6-11)16(19(24)26)18(25)23-15-4-2-3-14(21)17(15)22;20-14-6-1-2-7-15(14)24-19(26)16-13(8-9-23-18(16)25)11-4-3-5-12(10-11)17(21)22;1-12-4-2-3-5-16(12)22-19(24)17-15(10-11-21-18(17)23)13-6-8-14(20)9-7-13/h1-6,9,12,15,17H,7-8H2,(H,24,26)(H,25,27);2-8,13,16H,9-10H2,1H3,(H,23,25);1-7,10,13,16-17H,8-9H2,(H,23,25)(H,24,26);2-9,15,17H,10-11H2,1H3,(H,21,23)(H,22,24)/t;13?,16-;;15?,17-/m.0.1/s1. The van der Waals surface area contributed by atoms with E-state index in [2.05, 4.69) is 37.2 Å². The molecule has 4 aliphatic heterocycles. The number of benzene rings is 8. The van der Waals surface area contributed by atoms with Gasteiger partial charge in [-0.2, -0.15) is 0 Å². The minimum atomic E-state index is -2.68. The molecular weight excluding hydrogens is 1360 g/mol. The van der Waals surface area contributed by atoms with Crippen molar-refractivity contribution in [2.75, 3.05) is 54.5 Å². The van der Waals surface area contributed by atoms with Crippen molar-refractivity contribution in [3.63, 3.8) is 0 Å². The molecule has 7 N–H and O–H groups in total. The molecule has 8 aromatic carbocycles. The van der Waals surface area contributed by atoms with Gasteiger partial charge in [-0.25, -0.2) is 48.3 Å². The molecule has 0 radical (unpaired) electrons. The second-order valence-corrected chi connectivity index (χ2v) is 24.6. The third-order valence-electron chi connectivity index (χ3n) is 18.0. The number of carbonyl (C=O) groups is 8. The third kappa shape index (κ3) is 19.0. The summed E-state index contributed by atoms with van der Waals surface area (Å²) in [7, 11) is 1.58. The van der Waals surface area contributed by atoms with E-state index in [0.29, 0.717) is 67.7 Å². The van der Waals surface area contributed by atoms with Crippen molar-refractivity contribution in [3.8, 4) is 0 Å². The quantitative estimate of drug-likeness (QED) is 0.0409. The maximum atomic E-state index is 13.8. The zero-order chi connectivity index (χ0) is 74.2. The number of nitrogens with one attached hydrogen (secondary N) is 7. The maximum Gasteiger partial charge on any atom is 0.263 e. The van der Waals surface area contributed by atoms with Crippen molar-refractivity contribution in [1.82, 2.24) is 20.9 Å². The lowest BCUT2D eigenvalue weighted by Gasteiger charge is -2.35. The number of piperidine rings is 4. The summed E-state index contributed by atoms with van der Waals surface area (Å²) < 4.78 is 146. The zero-order valence-electron chi connectivity index (χ0n) is 55.1. The lowest BCUT2D eigenvalue weighted by Crippen LogP contribution is -2.47. The Morgan fingerprint density at radius 2 is 0.728 bits per heavy atom. The fourth-order valence-corrected chi connectivity index (χ4v) is 12.7. The van der Waals surface area contributed by atoms with E-state index in [9.17, 15) is 86.7 Å². The van der Waals surface area contributed by atoms with Crippen LogP contribution in [0.25, 0.3) is 0 Å². The van der Waals surface area contributed by atoms with E-state index in [-0.39, 0.29) is 52.6 Å². The van der Waals surface area contributed by atoms with Crippen LogP contribution >= 0.6 is 0 Å². The SMILES string of the molecule is CN1CCC(c2ccc(F)cc2)[C@@H](C(=O)Nc2cccc(F)c2F)C1=O.Cc1ccccc1NC(=O)[C@H]1C(=O)NCCC1c1ccc(F)cc1.O=C1NCCC(c2cccc(C(F)F)c2)C1C(=O)Nc1cccc(F)c1F.O=C1NCCC(c2cccc(C(F)F)c2)C1C(=O)Nc1ccccc1F. The summed E-state index contributed by atoms with van der Waals surface area (Å²) in [6.07, 6.45) is -3.41. The molecule has 0 aliphatic carbocycles. The Labute approximate surface area is 584 Å². The molecule has 4 aliphatic rings. The zero-order valence-corrected chi connectivity index (χ0v) is 55.1. The molecule has 0 aromatic heterocycles. The van der Waals surface area contributed by atoms with E-state index in [1.165, 1.54) is 120 Å². The van der Waals surface area contributed by atoms with E-state index in [4.69, 9.17) is 0 Å². The van der Waals surface area contributed by atoms with E-state index < -0.39 is 130 Å². The molecule has 27 heteroatoms. The predicted molar refractivity (Wildman–Crippen MR) is 360 cm³/mol. The fraction of sp³-hybridized carbons (Fsp3) is 0.263. The molecule has 12 rings (SSSR count). The second-order valence-electron chi connectivity index (χ2n) is 24.6. The number of carbonyl (C=O) groups excluding carboxylic acids is 8. The van der Waals surface area contributed by atoms with Crippen LogP contribution in [-0.2, 0) is 38.4 Å². The first-order chi connectivity index (χ1) is 49.3. The molecular formula is C76H69F11N8O8. The molecule has 0 saturated carbocycles. The minimum absolute atomic E-state index is 0.0315. The normalized spacial score (nSPS) is 20.0. The van der Waals surface area contributed by atoms with Crippen LogP contribution in [0.5, 0.6) is 0 Å². The van der Waals surface area contributed by atoms with Crippen LogP contribution in [0, 0.1) is 71.3 Å². The van der Waals surface area contributed by atoms with Gasteiger partial charge in [-0.1, -0.05) is 103 Å². The van der Waals surface area contributed by atoms with Gasteiger partial charge in [0.25, 0.3) is 12.9 Å². The molecule has 8 atom stereocenters. The fourth-order valence-electron chi connectivity index (χ4n) is 12.7. The molecule has 538 valence electrons. The van der Waals surface area contributed by atoms with Gasteiger partial charge in [-0.05, 0) is 139 Å². The van der Waals surface area contributed by atoms with Crippen LogP contribution in [0.15, 0.2) is 182 Å². The van der Waals surface area contributed by atoms with Crippen LogP contribution in [0.1, 0.15) is 101 Å². The van der Waals surface area contributed by atoms with Gasteiger partial charge in [0.1, 0.15) is 41.1 Å². The van der Waals surface area contributed by atoms with Gasteiger partial charge >= 0.3 is 0 Å². The number of rotatable bonds is 14. The average Bonchev–Trinajstić information content (AvgIpc) is 0.807. The Balaban J connectivity index is 0.000000160. The summed E-state index contributed by atoms with van der Waals surface area (Å²) >= 11 is 0. The highest BCUT2D eigenvalue weighted by molar-refractivity contribution is 6.10. The van der Waals surface area contributed by atoms with Crippen molar-refractivity contribution in [3.05, 3.63) is 262 Å². The predicted octanol–water partition coefficient (Wildman–Crippen LogP) is 13.7. The second kappa shape index (κ2) is 34.9. The Kier molecular flexibility index (Phi) is 25.7. The summed E-state index contributed by atoms with van der Waals surface area (Å²) in [6.45, 7) is 3.47. The first kappa shape index (κ1) is 75.9. The summed E-state index contributed by atoms with van der Waals surface area (Å²) in [5.74, 6) is -16.7. The molecule has 8 aromatic rings. The monoisotopic (exact) mass is 1430 g/mol. The molecule has 4 saturated heterocycles. The summed E-state index contributed by atoms with van der Waals surface area (Å²) in [6, 6.07) is 42.6. The maximum absolute atomic E-state index is 13.8. The number of hydrogen-bond acceptors (Lipinski definition) is 8. The van der Waals surface area contributed by atoms with E-state index >= 15 is 0 Å². The van der Waals surface area contributed by atoms with E-state index in [0.717, 1.165) is 23.3 Å². The molecule has 4 fully saturated rings. The number of halogens is 11. The van der Waals surface area contributed by atoms with Gasteiger partial charge in [-0.3, -0.25) is 38.4 Å². The van der Waals surface area contributed by atoms with Crippen molar-refractivity contribution in [1.29, 1.82) is 0 Å². The highest BCUT2D eigenvalue weighted by Crippen LogP contribution is 2.39. The third-order valence-corrected chi connectivity index (χ3v) is 18.0. The lowest BCUT2D eigenvalue weighted by molar-refractivity contribution is -0.143. The van der Waals surface area contributed by atoms with Crippen LogP contribution in [0.2, 0.25) is 0 Å². The van der Waals surface area contributed by atoms with Crippen LogP contribution < -0.4 is 37.2 Å². The molecule has 103 heavy (non-hydrogen) atoms. The van der Waals surface area contributed by atoms with Crippen molar-refractivity contribution in [2.45, 2.75) is 69.1 Å². The highest BCUT2D eigenvalue weighted by Gasteiger charge is 2.44. The summed E-state index contributed by atoms with van der Waals surface area (Å²) in [5.41, 5.74) is 2.86. The summed E-state index contributed by atoms with van der Waals surface area (Å²) in [4.78, 5) is 102. The number of para-hydroxylation sites is 2. The van der Waals surface area contributed by atoms with Gasteiger partial charge in [0, 0.05) is 73.7 Å². The Morgan fingerprint density at radius 3 is 1.15 bits per heavy atom. The molecule has 0 bridgehead atoms. The largest absolute Gasteiger partial charge is 0.355 e. The average molecular weight is 1430 g/mol. The van der Waals surface area contributed by atoms with Crippen molar-refractivity contribution >= 4 is 70.0 Å². The van der Waals surface area contributed by atoms with E-state index in [1.54, 1.807) is 43.4 Å². The number of amides is 8. The first-order valence-electron chi connectivity index (χ1n) is 32.6. The van der Waals surface area contributed by atoms with Gasteiger partial charge < -0.3 is 42.1 Å². The van der Waals surface area contributed by atoms with Crippen molar-refractivity contribution in [2.24, 2.45) is 23.7 Å². The number of nitrogens with zero attached hydrogens (tertiary/aromatic N) is 1. The molecule has 0 spiro atoms. The highest BCUT2D eigenvalue weighted by atomic mass is 19.3. The van der Waals surface area contributed by atoms with Gasteiger partial charge in [0.2, 0.25) is 47.3 Å². The molecule has 16 nitrogen and oxygen atoms in total. The Hall–Kier alpha value is -11.3. The Morgan fingerprint density at radius 1 is 0.388 bits per heavy atom. The number of alkyl halides is 4. The number of likely N-dealkylation sites (tertiary alicyclic amines) is 1. The smallest absolute Gasteiger partial charge is 0.263 e. The number of anilines is 4. The molecule has 4 heterocycles. The molecule has 6 unspecified atom stereocenters. The summed E-state index contributed by atoms with van der Waals surface area (Å²) in [5, 5.41) is 17.7. The first-order valence-corrected chi connectivity index (χ1v) is 32.6. The van der Waals surface area contributed by atoms with Crippen LogP contribution in [0.4, 0.5) is 71.0 Å². The Bertz CT molecular complexity index is 4400. The number of aryl methyl sites for hydroxylation is 1. The van der Waals surface area contributed by atoms with Gasteiger partial charge in [-0.15, -0.1) is 0 Å². The topological polar surface area (TPSA) is 224 Å². The van der Waals surface area contributed by atoms with Crippen molar-refractivity contribution < 1.29 is 86.7 Å². The number of hydrogen-bond donors (Lipinski definition) is 7. The van der Waals surface area contributed by atoms with Gasteiger partial charge in [0.05, 0.1) is 17.1 Å². The molecule has 8 amide bonds. The minimum Gasteiger partial charge on any atom is -0.355 e. The van der Waals surface area contributed by atoms with Crippen LogP contribution in [-0.4, -0.2) is 85.4 Å². The van der Waals surface area contributed by atoms with Crippen LogP contribution in [0.3, 0.4) is 0 Å².